The minimum absolute atomic E-state index is 0.277. The van der Waals surface area contributed by atoms with Crippen LogP contribution in [-0.2, 0) is 4.79 Å². The highest BCUT2D eigenvalue weighted by Crippen LogP contribution is 2.33. The Hall–Kier alpha value is -0.440. The van der Waals surface area contributed by atoms with Crippen LogP contribution in [0, 0.1) is 0 Å². The zero-order chi connectivity index (χ0) is 8.55. The second-order valence-electron chi connectivity index (χ2n) is 3.76. The summed E-state index contributed by atoms with van der Waals surface area (Å²) in [5.41, 5.74) is 0. The highest BCUT2D eigenvalue weighted by Gasteiger charge is 2.39. The van der Waals surface area contributed by atoms with Gasteiger partial charge in [-0.1, -0.05) is 0 Å². The normalized spacial score (nSPS) is 35.9. The van der Waals surface area contributed by atoms with Crippen LogP contribution in [0.2, 0.25) is 0 Å². The van der Waals surface area contributed by atoms with Crippen LogP contribution in [0.3, 0.4) is 0 Å². The molecule has 0 unspecified atom stereocenters. The fraction of sp³-hybridized carbons (Fsp3) is 0.889. The van der Waals surface area contributed by atoms with Crippen LogP contribution < -0.4 is 0 Å². The molecule has 2 rings (SSSR count). The first-order chi connectivity index (χ1) is 5.81. The van der Waals surface area contributed by atoms with E-state index in [2.05, 4.69) is 4.90 Å². The number of rotatable bonds is 2. The van der Waals surface area contributed by atoms with Crippen LogP contribution in [-0.4, -0.2) is 36.0 Å². The summed E-state index contributed by atoms with van der Waals surface area (Å²) >= 11 is 0. The van der Waals surface area contributed by atoms with Gasteiger partial charge in [0.25, 0.3) is 0 Å². The molecule has 0 saturated carbocycles. The molecule has 0 aliphatic carbocycles. The summed E-state index contributed by atoms with van der Waals surface area (Å²) in [7, 11) is 0. The van der Waals surface area contributed by atoms with Crippen molar-refractivity contribution >= 4 is 5.78 Å². The zero-order valence-corrected chi connectivity index (χ0v) is 7.13. The van der Waals surface area contributed by atoms with Gasteiger partial charge in [0.1, 0.15) is 12.5 Å². The molecule has 0 aromatic carbocycles. The molecule has 2 bridgehead atoms. The Bertz CT molecular complexity index is 179. The summed E-state index contributed by atoms with van der Waals surface area (Å²) in [6.45, 7) is 0.254. The van der Waals surface area contributed by atoms with E-state index in [0.717, 1.165) is 12.8 Å². The number of hydrogen-bond acceptors (Lipinski definition) is 2. The minimum Gasteiger partial charge on any atom is -0.300 e. The average Bonchev–Trinajstić information content (AvgIpc) is 2.32. The molecule has 0 aromatic rings. The lowest BCUT2D eigenvalue weighted by molar-refractivity contribution is -0.123. The molecule has 2 saturated heterocycles. The zero-order valence-electron chi connectivity index (χ0n) is 7.13. The number of ketones is 1. The van der Waals surface area contributed by atoms with Crippen molar-refractivity contribution in [2.75, 3.05) is 13.2 Å². The van der Waals surface area contributed by atoms with Gasteiger partial charge in [-0.05, 0) is 12.8 Å². The Morgan fingerprint density at radius 3 is 2.42 bits per heavy atom. The minimum atomic E-state index is -0.277. The molecule has 2 aliphatic rings. The van der Waals surface area contributed by atoms with Gasteiger partial charge in [0.05, 0.1) is 0 Å². The maximum absolute atomic E-state index is 12.1. The maximum Gasteiger partial charge on any atom is 0.136 e. The van der Waals surface area contributed by atoms with Crippen molar-refractivity contribution in [1.29, 1.82) is 0 Å². The average molecular weight is 171 g/mol. The summed E-state index contributed by atoms with van der Waals surface area (Å²) in [6, 6.07) is 0.735. The monoisotopic (exact) mass is 171 g/mol. The van der Waals surface area contributed by atoms with Crippen molar-refractivity contribution in [3.05, 3.63) is 0 Å². The molecular formula is C9H14FNO. The van der Waals surface area contributed by atoms with E-state index in [-0.39, 0.29) is 6.67 Å². The van der Waals surface area contributed by atoms with Gasteiger partial charge in [-0.2, -0.15) is 0 Å². The van der Waals surface area contributed by atoms with Crippen molar-refractivity contribution in [3.63, 3.8) is 0 Å². The Morgan fingerprint density at radius 2 is 1.92 bits per heavy atom. The van der Waals surface area contributed by atoms with Crippen molar-refractivity contribution in [3.8, 4) is 0 Å². The molecule has 2 aliphatic heterocycles. The van der Waals surface area contributed by atoms with Gasteiger partial charge in [-0.15, -0.1) is 0 Å². The first kappa shape index (κ1) is 8.17. The third-order valence-electron chi connectivity index (χ3n) is 3.04. The molecule has 0 N–H and O–H groups in total. The van der Waals surface area contributed by atoms with Crippen molar-refractivity contribution in [2.45, 2.75) is 37.8 Å². The molecule has 12 heavy (non-hydrogen) atoms. The Balaban J connectivity index is 2.04. The van der Waals surface area contributed by atoms with E-state index in [1.807, 2.05) is 0 Å². The number of hydrogen-bond donors (Lipinski definition) is 0. The molecule has 0 spiro atoms. The molecule has 2 atom stereocenters. The third-order valence-corrected chi connectivity index (χ3v) is 3.04. The van der Waals surface area contributed by atoms with Crippen LogP contribution in [0.25, 0.3) is 0 Å². The van der Waals surface area contributed by atoms with Gasteiger partial charge in [0.15, 0.2) is 0 Å². The van der Waals surface area contributed by atoms with E-state index in [0.29, 0.717) is 37.3 Å². The number of piperidine rings is 1. The van der Waals surface area contributed by atoms with Crippen LogP contribution in [0.15, 0.2) is 0 Å². The van der Waals surface area contributed by atoms with Gasteiger partial charge >= 0.3 is 0 Å². The highest BCUT2D eigenvalue weighted by molar-refractivity contribution is 5.80. The smallest absolute Gasteiger partial charge is 0.136 e. The molecular weight excluding hydrogens is 157 g/mol. The maximum atomic E-state index is 12.1. The van der Waals surface area contributed by atoms with Crippen molar-refractivity contribution < 1.29 is 9.18 Å². The number of alkyl halides is 1. The Morgan fingerprint density at radius 1 is 1.33 bits per heavy atom. The summed E-state index contributed by atoms with van der Waals surface area (Å²) in [4.78, 5) is 13.3. The highest BCUT2D eigenvalue weighted by atomic mass is 19.1. The van der Waals surface area contributed by atoms with Gasteiger partial charge in [0.2, 0.25) is 0 Å². The van der Waals surface area contributed by atoms with E-state index in [1.54, 1.807) is 0 Å². The Kier molecular flexibility index (Phi) is 2.13. The SMILES string of the molecule is O=C1C[C@H]2CC[C@@H](C1)N2CCF. The molecule has 2 heterocycles. The third kappa shape index (κ3) is 1.26. The van der Waals surface area contributed by atoms with Gasteiger partial charge in [-0.25, -0.2) is 4.39 Å². The Labute approximate surface area is 71.7 Å². The summed E-state index contributed by atoms with van der Waals surface area (Å²) in [6.07, 6.45) is 3.51. The van der Waals surface area contributed by atoms with Gasteiger partial charge in [0, 0.05) is 31.5 Å². The summed E-state index contributed by atoms with van der Waals surface area (Å²) in [5.74, 6) is 0.373. The number of nitrogens with zero attached hydrogens (tertiary/aromatic N) is 1. The van der Waals surface area contributed by atoms with Crippen LogP contribution >= 0.6 is 0 Å². The number of carbonyl (C=O) groups excluding carboxylic acids is 1. The second kappa shape index (κ2) is 3.13. The van der Waals surface area contributed by atoms with E-state index in [4.69, 9.17) is 0 Å². The molecule has 0 aromatic heterocycles. The van der Waals surface area contributed by atoms with Crippen LogP contribution in [0.4, 0.5) is 4.39 Å². The lowest BCUT2D eigenvalue weighted by atomic mass is 10.0. The van der Waals surface area contributed by atoms with Crippen molar-refractivity contribution in [1.82, 2.24) is 4.90 Å². The van der Waals surface area contributed by atoms with Crippen LogP contribution in [0.1, 0.15) is 25.7 Å². The first-order valence-electron chi connectivity index (χ1n) is 4.64. The number of Topliss-reactive ketones (excluding diaryl/α,β-unsaturated/α-hetero) is 1. The molecule has 0 radical (unpaired) electrons. The molecule has 2 nitrogen and oxygen atoms in total. The quantitative estimate of drug-likeness (QED) is 0.621. The topological polar surface area (TPSA) is 20.3 Å². The van der Waals surface area contributed by atoms with E-state index in [1.165, 1.54) is 0 Å². The lowest BCUT2D eigenvalue weighted by Crippen LogP contribution is -2.44. The lowest BCUT2D eigenvalue weighted by Gasteiger charge is -2.32. The molecule has 0 amide bonds. The standard InChI is InChI=1S/C9H14FNO/c10-3-4-11-7-1-2-8(11)6-9(12)5-7/h7-8H,1-6H2/t7-,8+. The largest absolute Gasteiger partial charge is 0.300 e. The predicted octanol–water partition coefficient (Wildman–Crippen LogP) is 1.15. The molecule has 68 valence electrons. The molecule has 3 heteroatoms. The number of halogens is 1. The van der Waals surface area contributed by atoms with E-state index in [9.17, 15) is 9.18 Å². The van der Waals surface area contributed by atoms with Gasteiger partial charge < -0.3 is 0 Å². The van der Waals surface area contributed by atoms with E-state index >= 15 is 0 Å². The van der Waals surface area contributed by atoms with Crippen LogP contribution in [0.5, 0.6) is 0 Å². The fourth-order valence-corrected chi connectivity index (χ4v) is 2.52. The number of carbonyl (C=O) groups is 1. The second-order valence-corrected chi connectivity index (χ2v) is 3.76. The van der Waals surface area contributed by atoms with Crippen molar-refractivity contribution in [2.24, 2.45) is 0 Å². The predicted molar refractivity (Wildman–Crippen MR) is 43.7 cm³/mol. The summed E-state index contributed by atoms with van der Waals surface area (Å²) < 4.78 is 12.1. The van der Waals surface area contributed by atoms with Gasteiger partial charge in [-0.3, -0.25) is 9.69 Å². The molecule has 2 fully saturated rings. The summed E-state index contributed by atoms with van der Waals surface area (Å²) in [5, 5.41) is 0. The van der Waals surface area contributed by atoms with E-state index < -0.39 is 0 Å². The number of fused-ring (bicyclic) bond motifs is 2. The first-order valence-corrected chi connectivity index (χ1v) is 4.64. The fourth-order valence-electron chi connectivity index (χ4n) is 2.52.